The van der Waals surface area contributed by atoms with Crippen molar-refractivity contribution in [3.63, 3.8) is 0 Å². The van der Waals surface area contributed by atoms with Gasteiger partial charge in [0, 0.05) is 18.8 Å². The van der Waals surface area contributed by atoms with Crippen LogP contribution in [0.15, 0.2) is 60.0 Å². The second-order valence-corrected chi connectivity index (χ2v) is 6.94. The van der Waals surface area contributed by atoms with E-state index in [0.29, 0.717) is 11.2 Å². The summed E-state index contributed by atoms with van der Waals surface area (Å²) in [7, 11) is -2.04. The van der Waals surface area contributed by atoms with Gasteiger partial charge in [-0.2, -0.15) is 18.6 Å². The number of rotatable bonds is 3. The second kappa shape index (κ2) is 5.24. The topological polar surface area (TPSA) is 95.6 Å². The first-order valence-electron chi connectivity index (χ1n) is 7.06. The number of aryl methyl sites for hydroxylation is 1. The van der Waals surface area contributed by atoms with E-state index in [2.05, 4.69) is 20.2 Å². The van der Waals surface area contributed by atoms with E-state index in [4.69, 9.17) is 0 Å². The molecule has 0 aliphatic carbocycles. The highest BCUT2D eigenvalue weighted by atomic mass is 32.2. The minimum Gasteiger partial charge on any atom is -0.275 e. The lowest BCUT2D eigenvalue weighted by molar-refractivity contribution is 0.582. The highest BCUT2D eigenvalue weighted by molar-refractivity contribution is 7.90. The predicted molar refractivity (Wildman–Crippen MR) is 86.6 cm³/mol. The van der Waals surface area contributed by atoms with Crippen molar-refractivity contribution in [3.8, 4) is 11.3 Å². The number of hydrogen-bond acceptors (Lipinski definition) is 6. The van der Waals surface area contributed by atoms with Crippen molar-refractivity contribution in [1.29, 1.82) is 0 Å². The Bertz CT molecular complexity index is 1130. The molecule has 9 heteroatoms. The molecular weight excluding hydrogens is 328 g/mol. The van der Waals surface area contributed by atoms with Crippen LogP contribution in [-0.4, -0.2) is 37.4 Å². The van der Waals surface area contributed by atoms with Crippen molar-refractivity contribution in [2.45, 2.75) is 4.90 Å². The fraction of sp³-hybridized carbons (Fsp3) is 0.0667. The zero-order chi connectivity index (χ0) is 16.7. The normalized spacial score (nSPS) is 11.9. The van der Waals surface area contributed by atoms with Crippen LogP contribution in [0, 0.1) is 0 Å². The standard InChI is InChI=1S/C15H12N6O2S/c1-20-10-11(7-17-20)13-8-16-14-9-18-21(15(14)19-13)24(22,23)12-5-3-2-4-6-12/h2-10H,1H3. The third-order valence-corrected chi connectivity index (χ3v) is 5.11. The molecule has 4 aromatic rings. The first-order chi connectivity index (χ1) is 11.6. The Hall–Kier alpha value is -3.07. The Morgan fingerprint density at radius 2 is 1.79 bits per heavy atom. The summed E-state index contributed by atoms with van der Waals surface area (Å²) in [6.07, 6.45) is 6.38. The van der Waals surface area contributed by atoms with Gasteiger partial charge in [0.25, 0.3) is 10.0 Å². The van der Waals surface area contributed by atoms with E-state index in [0.717, 1.165) is 9.65 Å². The van der Waals surface area contributed by atoms with Crippen LogP contribution < -0.4 is 0 Å². The molecule has 0 N–H and O–H groups in total. The molecule has 0 aliphatic rings. The van der Waals surface area contributed by atoms with Gasteiger partial charge in [-0.3, -0.25) is 4.68 Å². The summed E-state index contributed by atoms with van der Waals surface area (Å²) in [6, 6.07) is 8.10. The largest absolute Gasteiger partial charge is 0.285 e. The molecule has 8 nitrogen and oxygen atoms in total. The SMILES string of the molecule is Cn1cc(-c2cnc3cnn(S(=O)(=O)c4ccccc4)c3n2)cn1. The lowest BCUT2D eigenvalue weighted by atomic mass is 10.3. The van der Waals surface area contributed by atoms with Crippen LogP contribution in [0.2, 0.25) is 0 Å². The molecule has 4 rings (SSSR count). The number of hydrogen-bond donors (Lipinski definition) is 0. The maximum Gasteiger partial charge on any atom is 0.285 e. The van der Waals surface area contributed by atoms with Crippen molar-refractivity contribution in [3.05, 3.63) is 55.1 Å². The minimum atomic E-state index is -3.83. The van der Waals surface area contributed by atoms with Gasteiger partial charge in [0.15, 0.2) is 5.65 Å². The molecule has 0 fully saturated rings. The molecule has 0 unspecified atom stereocenters. The van der Waals surface area contributed by atoms with E-state index in [9.17, 15) is 8.42 Å². The molecule has 3 aromatic heterocycles. The Morgan fingerprint density at radius 3 is 2.50 bits per heavy atom. The van der Waals surface area contributed by atoms with E-state index in [1.807, 2.05) is 0 Å². The molecule has 0 saturated heterocycles. The van der Waals surface area contributed by atoms with Gasteiger partial charge in [-0.05, 0) is 12.1 Å². The van der Waals surface area contributed by atoms with Crippen molar-refractivity contribution in [2.24, 2.45) is 7.05 Å². The fourth-order valence-electron chi connectivity index (χ4n) is 2.34. The summed E-state index contributed by atoms with van der Waals surface area (Å²) in [5.41, 5.74) is 1.86. The number of fused-ring (bicyclic) bond motifs is 1. The highest BCUT2D eigenvalue weighted by Crippen LogP contribution is 2.21. The molecule has 24 heavy (non-hydrogen) atoms. The van der Waals surface area contributed by atoms with Crippen LogP contribution in [-0.2, 0) is 17.1 Å². The van der Waals surface area contributed by atoms with Crippen LogP contribution in [0.4, 0.5) is 0 Å². The molecule has 0 radical (unpaired) electrons. The summed E-state index contributed by atoms with van der Waals surface area (Å²) < 4.78 is 28.1. The van der Waals surface area contributed by atoms with Crippen molar-refractivity contribution >= 4 is 21.2 Å². The molecule has 0 aliphatic heterocycles. The third-order valence-electron chi connectivity index (χ3n) is 3.52. The van der Waals surface area contributed by atoms with E-state index >= 15 is 0 Å². The van der Waals surface area contributed by atoms with Crippen molar-refractivity contribution < 1.29 is 8.42 Å². The average Bonchev–Trinajstić information content (AvgIpc) is 3.21. The Kier molecular flexibility index (Phi) is 3.17. The maximum absolute atomic E-state index is 12.8. The van der Waals surface area contributed by atoms with Gasteiger partial charge in [0.05, 0.1) is 29.2 Å². The van der Waals surface area contributed by atoms with Gasteiger partial charge in [-0.25, -0.2) is 9.97 Å². The molecule has 0 amide bonds. The monoisotopic (exact) mass is 340 g/mol. The van der Waals surface area contributed by atoms with E-state index in [1.54, 1.807) is 48.5 Å². The van der Waals surface area contributed by atoms with Gasteiger partial charge in [-0.15, -0.1) is 4.09 Å². The van der Waals surface area contributed by atoms with E-state index in [-0.39, 0.29) is 10.5 Å². The van der Waals surface area contributed by atoms with Crippen LogP contribution in [0.3, 0.4) is 0 Å². The molecule has 3 heterocycles. The highest BCUT2D eigenvalue weighted by Gasteiger charge is 2.22. The lowest BCUT2D eigenvalue weighted by Crippen LogP contribution is -2.15. The lowest BCUT2D eigenvalue weighted by Gasteiger charge is -2.05. The second-order valence-electron chi connectivity index (χ2n) is 5.17. The molecule has 0 atom stereocenters. The zero-order valence-corrected chi connectivity index (χ0v) is 13.4. The summed E-state index contributed by atoms with van der Waals surface area (Å²) >= 11 is 0. The number of aromatic nitrogens is 6. The molecule has 1 aromatic carbocycles. The van der Waals surface area contributed by atoms with Gasteiger partial charge in [-0.1, -0.05) is 18.2 Å². The Balaban J connectivity index is 1.91. The Morgan fingerprint density at radius 1 is 1.00 bits per heavy atom. The molecule has 120 valence electrons. The maximum atomic E-state index is 12.8. The van der Waals surface area contributed by atoms with Crippen molar-refractivity contribution in [2.75, 3.05) is 0 Å². The van der Waals surface area contributed by atoms with E-state index in [1.165, 1.54) is 18.3 Å². The minimum absolute atomic E-state index is 0.142. The summed E-state index contributed by atoms with van der Waals surface area (Å²) in [5, 5.41) is 8.05. The van der Waals surface area contributed by atoms with Gasteiger partial charge >= 0.3 is 0 Å². The first kappa shape index (κ1) is 14.5. The van der Waals surface area contributed by atoms with Gasteiger partial charge in [0.2, 0.25) is 0 Å². The van der Waals surface area contributed by atoms with E-state index < -0.39 is 10.0 Å². The molecule has 0 saturated carbocycles. The fourth-order valence-corrected chi connectivity index (χ4v) is 3.58. The number of benzene rings is 1. The van der Waals surface area contributed by atoms with Crippen LogP contribution in [0.1, 0.15) is 0 Å². The van der Waals surface area contributed by atoms with Crippen LogP contribution >= 0.6 is 0 Å². The zero-order valence-electron chi connectivity index (χ0n) is 12.6. The predicted octanol–water partition coefficient (Wildman–Crippen LogP) is 1.46. The molecule has 0 spiro atoms. The third kappa shape index (κ3) is 2.26. The van der Waals surface area contributed by atoms with Crippen LogP contribution in [0.25, 0.3) is 22.4 Å². The van der Waals surface area contributed by atoms with Crippen LogP contribution in [0.5, 0.6) is 0 Å². The average molecular weight is 340 g/mol. The van der Waals surface area contributed by atoms with Gasteiger partial charge in [0.1, 0.15) is 5.52 Å². The summed E-state index contributed by atoms with van der Waals surface area (Å²) in [6.45, 7) is 0. The Labute approximate surface area is 137 Å². The smallest absolute Gasteiger partial charge is 0.275 e. The van der Waals surface area contributed by atoms with Crippen molar-refractivity contribution in [1.82, 2.24) is 28.9 Å². The summed E-state index contributed by atoms with van der Waals surface area (Å²) in [4.78, 5) is 8.81. The number of nitrogens with zero attached hydrogens (tertiary/aromatic N) is 6. The summed E-state index contributed by atoms with van der Waals surface area (Å²) in [5.74, 6) is 0. The first-order valence-corrected chi connectivity index (χ1v) is 8.50. The quantitative estimate of drug-likeness (QED) is 0.560. The van der Waals surface area contributed by atoms with Gasteiger partial charge < -0.3 is 0 Å². The molecule has 0 bridgehead atoms. The molecular formula is C15H12N6O2S.